The number of nitrogens with zero attached hydrogens (tertiary/aromatic N) is 4. The Kier molecular flexibility index (Phi) is 5.44. The van der Waals surface area contributed by atoms with Crippen molar-refractivity contribution in [3.8, 4) is 0 Å². The van der Waals surface area contributed by atoms with Crippen molar-refractivity contribution in [2.75, 3.05) is 18.5 Å². The van der Waals surface area contributed by atoms with Crippen molar-refractivity contribution in [1.29, 1.82) is 0 Å². The van der Waals surface area contributed by atoms with Crippen molar-refractivity contribution in [3.63, 3.8) is 0 Å². The highest BCUT2D eigenvalue weighted by atomic mass is 32.2. The van der Waals surface area contributed by atoms with E-state index in [1.54, 1.807) is 17.7 Å². The van der Waals surface area contributed by atoms with E-state index in [1.807, 2.05) is 6.92 Å². The Hall–Kier alpha value is -3.23. The molecule has 172 valence electrons. The van der Waals surface area contributed by atoms with Gasteiger partial charge in [0.05, 0.1) is 15.3 Å². The number of carbonyl (C=O) groups excluding carboxylic acids is 2. The minimum atomic E-state index is -2.92. The summed E-state index contributed by atoms with van der Waals surface area (Å²) in [5.41, 5.74) is 7.85. The molecule has 4 N–H and O–H groups in total. The lowest BCUT2D eigenvalue weighted by atomic mass is 10.0. The third-order valence-electron chi connectivity index (χ3n) is 4.82. The zero-order chi connectivity index (χ0) is 26.2. The SMILES string of the molecule is [2H]C([2H])([2H])ON=C(C(=O)N[C@@H]1C(=O)N2C(C(=O)O)=C(C=Cc3scnc3C)CS[C@H]12)c1csc(N)n1. The van der Waals surface area contributed by atoms with Gasteiger partial charge in [-0.15, -0.1) is 34.4 Å². The molecule has 0 aliphatic carbocycles. The molecule has 1 fully saturated rings. The van der Waals surface area contributed by atoms with Gasteiger partial charge in [0.2, 0.25) is 0 Å². The maximum Gasteiger partial charge on any atom is 0.352 e. The first kappa shape index (κ1) is 19.3. The second-order valence-corrected chi connectivity index (χ2v) is 9.66. The van der Waals surface area contributed by atoms with E-state index in [0.29, 0.717) is 5.57 Å². The van der Waals surface area contributed by atoms with Crippen molar-refractivity contribution in [2.24, 2.45) is 5.16 Å². The van der Waals surface area contributed by atoms with Gasteiger partial charge in [-0.1, -0.05) is 11.2 Å². The van der Waals surface area contributed by atoms with Gasteiger partial charge in [0.25, 0.3) is 11.8 Å². The number of aliphatic carboxylic acids is 1. The number of thioether (sulfide) groups is 1. The van der Waals surface area contributed by atoms with Crippen molar-refractivity contribution < 1.29 is 28.4 Å². The summed E-state index contributed by atoms with van der Waals surface area (Å²) >= 11 is 3.68. The van der Waals surface area contributed by atoms with Crippen LogP contribution in [-0.2, 0) is 19.2 Å². The van der Waals surface area contributed by atoms with Crippen molar-refractivity contribution in [1.82, 2.24) is 20.2 Å². The van der Waals surface area contributed by atoms with Crippen LogP contribution in [0.3, 0.4) is 0 Å². The molecule has 2 aromatic heterocycles. The number of hydrogen-bond acceptors (Lipinski definition) is 11. The maximum atomic E-state index is 12.9. The number of aromatic nitrogens is 2. The Morgan fingerprint density at radius 1 is 1.45 bits per heavy atom. The normalized spacial score (nSPS) is 22.3. The molecule has 0 aromatic carbocycles. The molecule has 4 rings (SSSR count). The van der Waals surface area contributed by atoms with Crippen LogP contribution < -0.4 is 11.1 Å². The van der Waals surface area contributed by atoms with Crippen LogP contribution in [0.1, 0.15) is 20.4 Å². The number of carboxylic acids is 1. The molecule has 4 heterocycles. The highest BCUT2D eigenvalue weighted by Gasteiger charge is 2.54. The van der Waals surface area contributed by atoms with E-state index in [1.165, 1.54) is 28.5 Å². The van der Waals surface area contributed by atoms with E-state index in [-0.39, 0.29) is 22.3 Å². The Bertz CT molecular complexity index is 1320. The molecular weight excluding hydrogens is 488 g/mol. The van der Waals surface area contributed by atoms with Crippen LogP contribution in [0, 0.1) is 6.92 Å². The molecule has 2 aromatic rings. The quantitative estimate of drug-likeness (QED) is 0.284. The van der Waals surface area contributed by atoms with Gasteiger partial charge in [0, 0.05) is 16.0 Å². The standard InChI is InChI=1S/C19H18N6O5S3/c1-8-11(33-7-21-8)4-3-9-5-31-17-13(16(27)25(17)14(9)18(28)29)23-15(26)12(24-30-2)10-6-32-19(20)22-10/h3-4,6-7,13,17H,5H2,1-2H3,(H2,20,22)(H,23,26)(H,28,29)/t13-,17-/m1/s1/i2D3. The average Bonchev–Trinajstić information content (AvgIpc) is 3.42. The second-order valence-electron chi connectivity index (χ2n) is 6.78. The number of carbonyl (C=O) groups is 3. The van der Waals surface area contributed by atoms with Gasteiger partial charge in [-0.25, -0.2) is 14.8 Å². The summed E-state index contributed by atoms with van der Waals surface area (Å²) < 4.78 is 21.4. The number of β-lactam (4-membered cyclic amide) rings is 1. The van der Waals surface area contributed by atoms with Crippen LogP contribution in [0.25, 0.3) is 6.08 Å². The molecule has 2 aliphatic heterocycles. The number of nitrogens with one attached hydrogen (secondary N) is 1. The topological polar surface area (TPSA) is 160 Å². The van der Waals surface area contributed by atoms with Crippen LogP contribution >= 0.6 is 34.4 Å². The first-order chi connectivity index (χ1) is 17.0. The lowest BCUT2D eigenvalue weighted by Crippen LogP contribution is -2.71. The summed E-state index contributed by atoms with van der Waals surface area (Å²) in [6.45, 7) is 1.83. The lowest BCUT2D eigenvalue weighted by Gasteiger charge is -2.49. The minimum absolute atomic E-state index is 0.0314. The van der Waals surface area contributed by atoms with Gasteiger partial charge in [-0.2, -0.15) is 0 Å². The largest absolute Gasteiger partial charge is 0.477 e. The molecule has 2 amide bonds. The highest BCUT2D eigenvalue weighted by Crippen LogP contribution is 2.41. The van der Waals surface area contributed by atoms with E-state index in [0.717, 1.165) is 26.8 Å². The number of allylic oxidation sites excluding steroid dienone is 1. The van der Waals surface area contributed by atoms with Crippen LogP contribution in [0.2, 0.25) is 0 Å². The van der Waals surface area contributed by atoms with E-state index in [4.69, 9.17) is 9.85 Å². The molecule has 1 saturated heterocycles. The smallest absolute Gasteiger partial charge is 0.352 e. The first-order valence-electron chi connectivity index (χ1n) is 10.7. The highest BCUT2D eigenvalue weighted by molar-refractivity contribution is 8.00. The van der Waals surface area contributed by atoms with Gasteiger partial charge in [-0.3, -0.25) is 14.5 Å². The predicted octanol–water partition coefficient (Wildman–Crippen LogP) is 1.29. The molecule has 0 saturated carbocycles. The number of hydrogen-bond donors (Lipinski definition) is 3. The van der Waals surface area contributed by atoms with E-state index in [9.17, 15) is 19.5 Å². The van der Waals surface area contributed by atoms with Gasteiger partial charge in [0.1, 0.15) is 29.8 Å². The summed E-state index contributed by atoms with van der Waals surface area (Å²) in [4.78, 5) is 52.4. The van der Waals surface area contributed by atoms with E-state index >= 15 is 0 Å². The minimum Gasteiger partial charge on any atom is -0.477 e. The summed E-state index contributed by atoms with van der Waals surface area (Å²) in [7, 11) is -2.92. The molecule has 14 heteroatoms. The molecule has 0 bridgehead atoms. The first-order valence-corrected chi connectivity index (χ1v) is 12.0. The Morgan fingerprint density at radius 3 is 2.91 bits per heavy atom. The third-order valence-corrected chi connectivity index (χ3v) is 7.69. The summed E-state index contributed by atoms with van der Waals surface area (Å²) in [6.07, 6.45) is 3.40. The molecule has 2 aliphatic rings. The van der Waals surface area contributed by atoms with Crippen LogP contribution in [0.4, 0.5) is 5.13 Å². The van der Waals surface area contributed by atoms with Gasteiger partial charge in [0.15, 0.2) is 10.8 Å². The number of aryl methyl sites for hydroxylation is 1. The van der Waals surface area contributed by atoms with Gasteiger partial charge >= 0.3 is 5.97 Å². The number of carboxylic acid groups (broad SMARTS) is 1. The fraction of sp³-hybridized carbons (Fsp3) is 0.263. The average molecular weight is 510 g/mol. The number of fused-ring (bicyclic) bond motifs is 1. The fourth-order valence-electron chi connectivity index (χ4n) is 3.27. The molecule has 0 radical (unpaired) electrons. The van der Waals surface area contributed by atoms with Crippen LogP contribution in [0.5, 0.6) is 0 Å². The zero-order valence-electron chi connectivity index (χ0n) is 19.8. The molecule has 11 nitrogen and oxygen atoms in total. The monoisotopic (exact) mass is 509 g/mol. The molecule has 2 atom stereocenters. The Balaban J connectivity index is 1.55. The lowest BCUT2D eigenvalue weighted by molar-refractivity contribution is -0.150. The number of thiazole rings is 2. The van der Waals surface area contributed by atoms with Crippen LogP contribution in [0.15, 0.2) is 33.4 Å². The Morgan fingerprint density at radius 2 is 2.27 bits per heavy atom. The van der Waals surface area contributed by atoms with Crippen molar-refractivity contribution in [3.05, 3.63) is 44.5 Å². The van der Waals surface area contributed by atoms with Gasteiger partial charge < -0.3 is 21.0 Å². The van der Waals surface area contributed by atoms with Crippen molar-refractivity contribution in [2.45, 2.75) is 18.3 Å². The number of nitrogens with two attached hydrogens (primary N) is 1. The summed E-state index contributed by atoms with van der Waals surface area (Å²) in [6, 6.07) is -1.07. The number of anilines is 1. The maximum absolute atomic E-state index is 12.9. The Labute approximate surface area is 204 Å². The summed E-state index contributed by atoms with van der Waals surface area (Å²) in [5, 5.41) is 16.5. The zero-order valence-corrected chi connectivity index (χ0v) is 19.3. The number of oxime groups is 1. The molecule has 0 unspecified atom stereocenters. The van der Waals surface area contributed by atoms with Crippen LogP contribution in [-0.4, -0.2) is 67.7 Å². The summed E-state index contributed by atoms with van der Waals surface area (Å²) in [5.74, 6) is -2.55. The second kappa shape index (κ2) is 9.33. The van der Waals surface area contributed by atoms with Crippen molar-refractivity contribution >= 4 is 69.1 Å². The molecular formula is C19H18N6O5S3. The van der Waals surface area contributed by atoms with E-state index < -0.39 is 41.9 Å². The number of amides is 2. The third kappa shape index (κ3) is 4.36. The fourth-order valence-corrected chi connectivity index (χ4v) is 5.84. The predicted molar refractivity (Wildman–Crippen MR) is 126 cm³/mol. The molecule has 33 heavy (non-hydrogen) atoms. The number of nitrogen functional groups attached to an aromatic ring is 1. The van der Waals surface area contributed by atoms with Gasteiger partial charge in [-0.05, 0) is 18.6 Å². The van der Waals surface area contributed by atoms with E-state index in [2.05, 4.69) is 25.3 Å². The molecule has 0 spiro atoms. The number of rotatable bonds is 7.